The van der Waals surface area contributed by atoms with Crippen molar-refractivity contribution in [2.75, 3.05) is 19.7 Å². The molecule has 0 aliphatic rings. The topological polar surface area (TPSA) is 271 Å². The van der Waals surface area contributed by atoms with E-state index in [0.717, 1.165) is 45.1 Å². The third-order valence-electron chi connectivity index (χ3n) is 6.58. The van der Waals surface area contributed by atoms with Crippen molar-refractivity contribution in [3.63, 3.8) is 0 Å². The standard InChI is InChI=1S/C26H51N5O6.2C2HF3O2/c1-19(2)17-21(26(36)37)31-24(34)20(13-10-12-16-28)30-25(35)22(18-32)29-23(33)14-9-7-5-3-4-6-8-11-15-27;2*3-2(4,5)1(6)7/h19-22,32H,3-18,27-28H2,1-2H3,(H,29,33)(H,30,35)(H,31,34)(H,36,37);2*(H,6,7)/t20-,21-,22-;;/m0../s1. The van der Waals surface area contributed by atoms with Crippen molar-refractivity contribution < 1.29 is 75.5 Å². The van der Waals surface area contributed by atoms with E-state index in [1.165, 1.54) is 6.42 Å². The Morgan fingerprint density at radius 2 is 0.961 bits per heavy atom. The van der Waals surface area contributed by atoms with E-state index in [1.807, 2.05) is 13.8 Å². The minimum Gasteiger partial charge on any atom is -0.480 e. The van der Waals surface area contributed by atoms with E-state index in [-0.39, 0.29) is 31.1 Å². The van der Waals surface area contributed by atoms with E-state index in [1.54, 1.807) is 0 Å². The van der Waals surface area contributed by atoms with Crippen LogP contribution in [0.2, 0.25) is 0 Å². The molecule has 3 amide bonds. The number of hydrogen-bond acceptors (Lipinski definition) is 9. The summed E-state index contributed by atoms with van der Waals surface area (Å²) in [5, 5.41) is 41.0. The molecule has 0 saturated heterocycles. The summed E-state index contributed by atoms with van der Waals surface area (Å²) < 4.78 is 63.5. The Morgan fingerprint density at radius 1 is 0.588 bits per heavy atom. The Labute approximate surface area is 292 Å². The van der Waals surface area contributed by atoms with Gasteiger partial charge >= 0.3 is 30.3 Å². The number of nitrogens with two attached hydrogens (primary N) is 2. The van der Waals surface area contributed by atoms with Crippen molar-refractivity contribution in [3.05, 3.63) is 0 Å². The number of unbranched alkanes of at least 4 members (excludes halogenated alkanes) is 8. The summed E-state index contributed by atoms with van der Waals surface area (Å²) >= 11 is 0. The van der Waals surface area contributed by atoms with E-state index in [9.17, 15) is 55.7 Å². The molecule has 0 aromatic heterocycles. The molecule has 0 aliphatic heterocycles. The van der Waals surface area contributed by atoms with Gasteiger partial charge in [-0.1, -0.05) is 52.4 Å². The highest BCUT2D eigenvalue weighted by Gasteiger charge is 2.39. The number of rotatable bonds is 23. The average Bonchev–Trinajstić information content (AvgIpc) is 3.01. The summed E-state index contributed by atoms with van der Waals surface area (Å²) in [6.07, 6.45) is 0.0141. The van der Waals surface area contributed by atoms with Crippen LogP contribution in [0.15, 0.2) is 0 Å². The van der Waals surface area contributed by atoms with Gasteiger partial charge in [0, 0.05) is 6.42 Å². The molecule has 0 aromatic carbocycles. The van der Waals surface area contributed by atoms with Crippen molar-refractivity contribution in [2.24, 2.45) is 17.4 Å². The minimum atomic E-state index is -5.08. The normalized spacial score (nSPS) is 12.9. The number of hydrogen-bond donors (Lipinski definition) is 9. The first-order valence-corrected chi connectivity index (χ1v) is 16.3. The van der Waals surface area contributed by atoms with Crippen LogP contribution < -0.4 is 27.4 Å². The van der Waals surface area contributed by atoms with Gasteiger partial charge in [0.1, 0.15) is 18.1 Å². The van der Waals surface area contributed by atoms with Gasteiger partial charge in [0.2, 0.25) is 17.7 Å². The SMILES string of the molecule is CC(C)C[C@H](NC(=O)[C@H](CCCCN)NC(=O)[C@H](CO)NC(=O)CCCCCCCCCCN)C(=O)O.O=C(O)C(F)(F)F.O=C(O)C(F)(F)F. The number of carbonyl (C=O) groups is 6. The van der Waals surface area contributed by atoms with E-state index in [4.69, 9.17) is 31.3 Å². The summed E-state index contributed by atoms with van der Waals surface area (Å²) in [7, 11) is 0. The number of halogens is 6. The lowest BCUT2D eigenvalue weighted by atomic mass is 10.0. The van der Waals surface area contributed by atoms with Crippen molar-refractivity contribution in [1.82, 2.24) is 16.0 Å². The summed E-state index contributed by atoms with van der Waals surface area (Å²) in [4.78, 5) is 67.2. The lowest BCUT2D eigenvalue weighted by molar-refractivity contribution is -0.193. The quantitative estimate of drug-likeness (QED) is 0.0537. The van der Waals surface area contributed by atoms with Crippen LogP contribution in [0, 0.1) is 5.92 Å². The second-order valence-corrected chi connectivity index (χ2v) is 11.7. The molecule has 11 N–H and O–H groups in total. The van der Waals surface area contributed by atoms with Crippen LogP contribution in [0.25, 0.3) is 0 Å². The fraction of sp³-hybridized carbons (Fsp3) is 0.800. The Balaban J connectivity index is -0.00000137. The number of carboxylic acids is 3. The van der Waals surface area contributed by atoms with Crippen molar-refractivity contribution in [1.29, 1.82) is 0 Å². The zero-order valence-corrected chi connectivity index (χ0v) is 28.8. The van der Waals surface area contributed by atoms with E-state index in [0.29, 0.717) is 25.8 Å². The second kappa shape index (κ2) is 28.9. The Morgan fingerprint density at radius 3 is 1.33 bits per heavy atom. The van der Waals surface area contributed by atoms with Gasteiger partial charge in [0.05, 0.1) is 6.61 Å². The molecule has 0 saturated carbocycles. The van der Waals surface area contributed by atoms with Gasteiger partial charge in [-0.2, -0.15) is 26.3 Å². The first-order chi connectivity index (χ1) is 23.5. The average molecular weight is 758 g/mol. The van der Waals surface area contributed by atoms with Crippen molar-refractivity contribution in [2.45, 2.75) is 128 Å². The predicted molar refractivity (Wildman–Crippen MR) is 171 cm³/mol. The van der Waals surface area contributed by atoms with Gasteiger partial charge in [0.25, 0.3) is 0 Å². The molecule has 3 atom stereocenters. The number of aliphatic hydroxyl groups is 1. The number of aliphatic carboxylic acids is 3. The molecule has 300 valence electrons. The molecule has 0 fully saturated rings. The summed E-state index contributed by atoms with van der Waals surface area (Å²) in [5.74, 6) is -8.28. The van der Waals surface area contributed by atoms with Gasteiger partial charge in [-0.05, 0) is 57.5 Å². The molecular formula is C30H53F6N5O10. The van der Waals surface area contributed by atoms with Gasteiger partial charge in [-0.25, -0.2) is 14.4 Å². The third-order valence-corrected chi connectivity index (χ3v) is 6.58. The maximum Gasteiger partial charge on any atom is 0.490 e. The maximum atomic E-state index is 12.8. The lowest BCUT2D eigenvalue weighted by Gasteiger charge is -2.24. The van der Waals surface area contributed by atoms with Gasteiger partial charge in [-0.15, -0.1) is 0 Å². The molecule has 0 aliphatic carbocycles. The van der Waals surface area contributed by atoms with Crippen LogP contribution in [0.4, 0.5) is 26.3 Å². The molecule has 0 bridgehead atoms. The molecule has 0 spiro atoms. The first kappa shape index (κ1) is 51.6. The van der Waals surface area contributed by atoms with E-state index >= 15 is 0 Å². The van der Waals surface area contributed by atoms with Gasteiger partial charge in [-0.3, -0.25) is 14.4 Å². The highest BCUT2D eigenvalue weighted by Crippen LogP contribution is 2.14. The number of nitrogens with one attached hydrogen (secondary N) is 3. The summed E-state index contributed by atoms with van der Waals surface area (Å²) in [6.45, 7) is 4.22. The van der Waals surface area contributed by atoms with Crippen LogP contribution >= 0.6 is 0 Å². The second-order valence-electron chi connectivity index (χ2n) is 11.7. The highest BCUT2D eigenvalue weighted by molar-refractivity contribution is 5.93. The fourth-order valence-corrected chi connectivity index (χ4v) is 3.95. The summed E-state index contributed by atoms with van der Waals surface area (Å²) in [6, 6.07) is -3.30. The number of aliphatic hydroxyl groups excluding tert-OH is 1. The van der Waals surface area contributed by atoms with E-state index in [2.05, 4.69) is 16.0 Å². The molecule has 0 aromatic rings. The lowest BCUT2D eigenvalue weighted by Crippen LogP contribution is -2.56. The van der Waals surface area contributed by atoms with Crippen LogP contribution in [-0.2, 0) is 28.8 Å². The minimum absolute atomic E-state index is 0.0435. The van der Waals surface area contributed by atoms with Crippen LogP contribution in [0.3, 0.4) is 0 Å². The van der Waals surface area contributed by atoms with Crippen LogP contribution in [0.5, 0.6) is 0 Å². The van der Waals surface area contributed by atoms with Crippen LogP contribution in [0.1, 0.15) is 97.3 Å². The van der Waals surface area contributed by atoms with Crippen molar-refractivity contribution >= 4 is 35.6 Å². The first-order valence-electron chi connectivity index (χ1n) is 16.3. The zero-order valence-electron chi connectivity index (χ0n) is 28.8. The molecule has 21 heteroatoms. The third kappa shape index (κ3) is 30.8. The molecule has 0 heterocycles. The Hall–Kier alpha value is -3.72. The largest absolute Gasteiger partial charge is 0.490 e. The smallest absolute Gasteiger partial charge is 0.480 e. The van der Waals surface area contributed by atoms with Gasteiger partial charge in [0.15, 0.2) is 0 Å². The van der Waals surface area contributed by atoms with Gasteiger partial charge < -0.3 is 47.8 Å². The van der Waals surface area contributed by atoms with E-state index < -0.39 is 66.8 Å². The van der Waals surface area contributed by atoms with Crippen LogP contribution in [-0.4, -0.2) is 106 Å². The number of alkyl halides is 6. The molecular weight excluding hydrogens is 704 g/mol. The monoisotopic (exact) mass is 757 g/mol. The molecule has 0 rings (SSSR count). The maximum absolute atomic E-state index is 12.8. The highest BCUT2D eigenvalue weighted by atomic mass is 19.4. The molecule has 0 unspecified atom stereocenters. The Bertz CT molecular complexity index is 1010. The molecule has 0 radical (unpaired) electrons. The zero-order chi connectivity index (χ0) is 40.2. The number of carboxylic acid groups (broad SMARTS) is 3. The molecule has 15 nitrogen and oxygen atoms in total. The Kier molecular flexibility index (Phi) is 29.3. The number of carbonyl (C=O) groups excluding carboxylic acids is 3. The summed E-state index contributed by atoms with van der Waals surface area (Å²) in [5.41, 5.74) is 11.0. The fourth-order valence-electron chi connectivity index (χ4n) is 3.95. The predicted octanol–water partition coefficient (Wildman–Crippen LogP) is 2.43. The number of amides is 3. The van der Waals surface area contributed by atoms with Crippen molar-refractivity contribution in [3.8, 4) is 0 Å². The molecule has 51 heavy (non-hydrogen) atoms.